The minimum absolute atomic E-state index is 0.0833. The lowest BCUT2D eigenvalue weighted by molar-refractivity contribution is -0.139. The van der Waals surface area contributed by atoms with Gasteiger partial charge < -0.3 is 14.4 Å². The summed E-state index contributed by atoms with van der Waals surface area (Å²) in [4.78, 5) is 17.3. The average molecular weight is 360 g/mol. The van der Waals surface area contributed by atoms with E-state index < -0.39 is 17.3 Å². The van der Waals surface area contributed by atoms with Gasteiger partial charge in [0, 0.05) is 19.3 Å². The van der Waals surface area contributed by atoms with Gasteiger partial charge in [-0.25, -0.2) is 4.79 Å². The molecule has 0 atom stereocenters. The Morgan fingerprint density at radius 2 is 1.92 bits per heavy atom. The van der Waals surface area contributed by atoms with E-state index in [4.69, 9.17) is 9.47 Å². The number of halogens is 3. The van der Waals surface area contributed by atoms with E-state index >= 15 is 0 Å². The van der Waals surface area contributed by atoms with Crippen molar-refractivity contribution < 1.29 is 27.4 Å². The van der Waals surface area contributed by atoms with Gasteiger partial charge in [-0.2, -0.15) is 13.2 Å². The van der Waals surface area contributed by atoms with Crippen molar-refractivity contribution in [1.82, 2.24) is 9.88 Å². The molecule has 1 aromatic heterocycles. The quantitative estimate of drug-likeness (QED) is 0.813. The predicted octanol–water partition coefficient (Wildman–Crippen LogP) is 4.13. The second-order valence-corrected chi connectivity index (χ2v) is 7.09. The molecule has 2 heterocycles. The summed E-state index contributed by atoms with van der Waals surface area (Å²) in [7, 11) is 0. The third kappa shape index (κ3) is 5.79. The molecule has 0 aromatic carbocycles. The van der Waals surface area contributed by atoms with Crippen LogP contribution in [0, 0.1) is 5.92 Å². The molecule has 1 amide bonds. The Morgan fingerprint density at radius 3 is 2.48 bits per heavy atom. The summed E-state index contributed by atoms with van der Waals surface area (Å²) < 4.78 is 49.5. The summed E-state index contributed by atoms with van der Waals surface area (Å²) >= 11 is 0. The van der Waals surface area contributed by atoms with Crippen LogP contribution in [-0.2, 0) is 10.9 Å². The smallest absolute Gasteiger partial charge is 0.420 e. The van der Waals surface area contributed by atoms with Gasteiger partial charge in [-0.1, -0.05) is 0 Å². The molecule has 8 heteroatoms. The number of ether oxygens (including phenoxy) is 2. The third-order valence-electron chi connectivity index (χ3n) is 3.83. The Balaban J connectivity index is 1.85. The number of likely N-dealkylation sites (tertiary alicyclic amines) is 1. The number of alkyl halides is 3. The summed E-state index contributed by atoms with van der Waals surface area (Å²) in [6.07, 6.45) is -1.35. The largest absolute Gasteiger partial charge is 0.491 e. The van der Waals surface area contributed by atoms with Crippen LogP contribution in [-0.4, -0.2) is 41.3 Å². The normalized spacial score (nSPS) is 16.6. The van der Waals surface area contributed by atoms with Crippen LogP contribution in [0.1, 0.15) is 39.2 Å². The van der Waals surface area contributed by atoms with Crippen molar-refractivity contribution in [2.45, 2.75) is 45.4 Å². The van der Waals surface area contributed by atoms with Crippen molar-refractivity contribution in [1.29, 1.82) is 0 Å². The Labute approximate surface area is 145 Å². The molecule has 1 aliphatic heterocycles. The van der Waals surface area contributed by atoms with Crippen molar-refractivity contribution >= 4 is 6.09 Å². The second kappa shape index (κ2) is 7.49. The second-order valence-electron chi connectivity index (χ2n) is 7.09. The van der Waals surface area contributed by atoms with E-state index in [0.29, 0.717) is 25.9 Å². The van der Waals surface area contributed by atoms with E-state index in [-0.39, 0.29) is 24.4 Å². The number of nitrogens with zero attached hydrogens (tertiary/aromatic N) is 2. The lowest BCUT2D eigenvalue weighted by atomic mass is 9.98. The summed E-state index contributed by atoms with van der Waals surface area (Å²) in [6.45, 7) is 6.58. The van der Waals surface area contributed by atoms with E-state index in [0.717, 1.165) is 18.5 Å². The molecule has 0 bridgehead atoms. The first-order chi connectivity index (χ1) is 11.6. The predicted molar refractivity (Wildman–Crippen MR) is 85.3 cm³/mol. The molecule has 0 spiro atoms. The Hall–Kier alpha value is -1.99. The number of hydrogen-bond donors (Lipinski definition) is 0. The van der Waals surface area contributed by atoms with Gasteiger partial charge in [-0.3, -0.25) is 4.98 Å². The Kier molecular flexibility index (Phi) is 5.80. The first kappa shape index (κ1) is 19.3. The maximum atomic E-state index is 12.9. The van der Waals surface area contributed by atoms with Gasteiger partial charge in [-0.15, -0.1) is 0 Å². The molecule has 1 aromatic rings. The van der Waals surface area contributed by atoms with E-state index in [1.54, 1.807) is 25.7 Å². The van der Waals surface area contributed by atoms with Crippen LogP contribution in [0.4, 0.5) is 18.0 Å². The Morgan fingerprint density at radius 1 is 1.28 bits per heavy atom. The van der Waals surface area contributed by atoms with Gasteiger partial charge in [0.2, 0.25) is 0 Å². The van der Waals surface area contributed by atoms with Gasteiger partial charge in [0.25, 0.3) is 0 Å². The monoisotopic (exact) mass is 360 g/mol. The number of pyridine rings is 1. The molecule has 2 rings (SSSR count). The third-order valence-corrected chi connectivity index (χ3v) is 3.83. The molecule has 0 aliphatic carbocycles. The number of carbonyl (C=O) groups is 1. The number of rotatable bonds is 3. The van der Waals surface area contributed by atoms with E-state index in [1.807, 2.05) is 0 Å². The highest BCUT2D eigenvalue weighted by atomic mass is 19.4. The maximum Gasteiger partial charge on any atom is 0.420 e. The van der Waals surface area contributed by atoms with Crippen molar-refractivity contribution in [2.24, 2.45) is 5.92 Å². The molecule has 0 N–H and O–H groups in total. The van der Waals surface area contributed by atoms with E-state index in [1.165, 1.54) is 0 Å². The minimum atomic E-state index is -4.47. The zero-order valence-corrected chi connectivity index (χ0v) is 14.6. The van der Waals surface area contributed by atoms with E-state index in [2.05, 4.69) is 4.98 Å². The molecule has 25 heavy (non-hydrogen) atoms. The number of piperidine rings is 1. The molecule has 1 fully saturated rings. The van der Waals surface area contributed by atoms with Crippen LogP contribution >= 0.6 is 0 Å². The maximum absolute atomic E-state index is 12.9. The van der Waals surface area contributed by atoms with Crippen LogP contribution in [0.3, 0.4) is 0 Å². The van der Waals surface area contributed by atoms with Crippen LogP contribution in [0.25, 0.3) is 0 Å². The molecule has 0 unspecified atom stereocenters. The summed E-state index contributed by atoms with van der Waals surface area (Å²) in [5.74, 6) is -0.176. The fourth-order valence-corrected chi connectivity index (χ4v) is 2.55. The molecular formula is C17H23F3N2O3. The summed E-state index contributed by atoms with van der Waals surface area (Å²) in [6, 6.07) is 0.903. The zero-order valence-electron chi connectivity index (χ0n) is 14.6. The first-order valence-electron chi connectivity index (χ1n) is 8.18. The standard InChI is InChI=1S/C17H23F3N2O3/c1-16(2,3)25-15(23)22-8-5-12(6-9-22)11-24-14-10-21-7-4-13(14)17(18,19)20/h4,7,10,12H,5-6,8-9,11H2,1-3H3. The van der Waals surface area contributed by atoms with Crippen molar-refractivity contribution in [3.05, 3.63) is 24.0 Å². The van der Waals surface area contributed by atoms with Gasteiger partial charge in [0.1, 0.15) is 16.9 Å². The number of carbonyl (C=O) groups excluding carboxylic acids is 1. The highest BCUT2D eigenvalue weighted by Gasteiger charge is 2.35. The highest BCUT2D eigenvalue weighted by Crippen LogP contribution is 2.35. The number of hydrogen-bond acceptors (Lipinski definition) is 4. The summed E-state index contributed by atoms with van der Waals surface area (Å²) in [5, 5.41) is 0. The van der Waals surface area contributed by atoms with Crippen LogP contribution in [0.15, 0.2) is 18.5 Å². The van der Waals surface area contributed by atoms with Crippen molar-refractivity contribution in [2.75, 3.05) is 19.7 Å². The molecule has 140 valence electrons. The first-order valence-corrected chi connectivity index (χ1v) is 8.18. The molecule has 1 aliphatic rings. The average Bonchev–Trinajstić information content (AvgIpc) is 2.51. The minimum Gasteiger partial charge on any atom is -0.491 e. The fourth-order valence-electron chi connectivity index (χ4n) is 2.55. The fraction of sp³-hybridized carbons (Fsp3) is 0.647. The molecule has 0 radical (unpaired) electrons. The van der Waals surface area contributed by atoms with E-state index in [9.17, 15) is 18.0 Å². The van der Waals surface area contributed by atoms with Crippen molar-refractivity contribution in [3.8, 4) is 5.75 Å². The van der Waals surface area contributed by atoms with Crippen molar-refractivity contribution in [3.63, 3.8) is 0 Å². The van der Waals surface area contributed by atoms with Crippen LogP contribution in [0.2, 0.25) is 0 Å². The molecule has 0 saturated carbocycles. The van der Waals surface area contributed by atoms with Gasteiger partial charge in [-0.05, 0) is 45.6 Å². The lowest BCUT2D eigenvalue weighted by Crippen LogP contribution is -2.42. The van der Waals surface area contributed by atoms with Gasteiger partial charge in [0.15, 0.2) is 0 Å². The Bertz CT molecular complexity index is 592. The summed E-state index contributed by atoms with van der Waals surface area (Å²) in [5.41, 5.74) is -1.38. The number of aromatic nitrogens is 1. The molecular weight excluding hydrogens is 337 g/mol. The zero-order chi connectivity index (χ0) is 18.7. The van der Waals surface area contributed by atoms with Gasteiger partial charge >= 0.3 is 12.3 Å². The molecule has 1 saturated heterocycles. The number of amides is 1. The topological polar surface area (TPSA) is 51.7 Å². The van der Waals surface area contributed by atoms with Crippen LogP contribution < -0.4 is 4.74 Å². The lowest BCUT2D eigenvalue weighted by Gasteiger charge is -2.33. The van der Waals surface area contributed by atoms with Crippen LogP contribution in [0.5, 0.6) is 5.75 Å². The highest BCUT2D eigenvalue weighted by molar-refractivity contribution is 5.68. The molecule has 5 nitrogen and oxygen atoms in total. The SMILES string of the molecule is CC(C)(C)OC(=O)N1CCC(COc2cnccc2C(F)(F)F)CC1. The van der Waals surface area contributed by atoms with Gasteiger partial charge in [0.05, 0.1) is 12.8 Å².